The van der Waals surface area contributed by atoms with Gasteiger partial charge in [-0.25, -0.2) is 9.97 Å². The second-order valence-electron chi connectivity index (χ2n) is 5.24. The highest BCUT2D eigenvalue weighted by atomic mass is 79.9. The Labute approximate surface area is 117 Å². The Morgan fingerprint density at radius 1 is 1.17 bits per heavy atom. The molecule has 1 aliphatic rings. The topological polar surface area (TPSA) is 49.8 Å². The van der Waals surface area contributed by atoms with Gasteiger partial charge in [-0.05, 0) is 47.0 Å². The molecule has 100 valence electrons. The van der Waals surface area contributed by atoms with E-state index in [1.165, 1.54) is 19.3 Å². The first-order chi connectivity index (χ1) is 8.61. The number of aromatic nitrogens is 2. The third kappa shape index (κ3) is 2.94. The first-order valence-electron chi connectivity index (χ1n) is 6.56. The van der Waals surface area contributed by atoms with Crippen LogP contribution in [-0.2, 0) is 0 Å². The quantitative estimate of drug-likeness (QED) is 0.896. The number of hydrogen-bond acceptors (Lipinski definition) is 4. The summed E-state index contributed by atoms with van der Waals surface area (Å²) in [6.07, 6.45) is 5.32. The van der Waals surface area contributed by atoms with E-state index in [1.54, 1.807) is 6.33 Å². The van der Waals surface area contributed by atoms with Crippen molar-refractivity contribution in [3.8, 4) is 0 Å². The molecule has 0 aromatic carbocycles. The highest BCUT2D eigenvalue weighted by molar-refractivity contribution is 9.10. The summed E-state index contributed by atoms with van der Waals surface area (Å²) >= 11 is 3.55. The van der Waals surface area contributed by atoms with Gasteiger partial charge in [0.15, 0.2) is 0 Å². The molecule has 18 heavy (non-hydrogen) atoms. The van der Waals surface area contributed by atoms with Crippen molar-refractivity contribution in [1.82, 2.24) is 9.97 Å². The molecule has 1 fully saturated rings. The largest absolute Gasteiger partial charge is 0.372 e. The lowest BCUT2D eigenvalue weighted by atomic mass is 9.79. The van der Waals surface area contributed by atoms with Crippen molar-refractivity contribution in [2.24, 2.45) is 11.8 Å². The van der Waals surface area contributed by atoms with Crippen molar-refractivity contribution < 1.29 is 0 Å². The molecule has 5 heteroatoms. The zero-order valence-electron chi connectivity index (χ0n) is 11.2. The second-order valence-corrected chi connectivity index (χ2v) is 6.04. The first kappa shape index (κ1) is 13.6. The van der Waals surface area contributed by atoms with Gasteiger partial charge in [-0.3, -0.25) is 0 Å². The minimum Gasteiger partial charge on any atom is -0.372 e. The van der Waals surface area contributed by atoms with Crippen LogP contribution in [0.25, 0.3) is 0 Å². The Hall–Kier alpha value is -0.840. The number of nitrogens with one attached hydrogen (secondary N) is 2. The van der Waals surface area contributed by atoms with Gasteiger partial charge in [0.1, 0.15) is 22.4 Å². The van der Waals surface area contributed by atoms with Crippen LogP contribution in [0.2, 0.25) is 0 Å². The van der Waals surface area contributed by atoms with Gasteiger partial charge in [0, 0.05) is 13.1 Å². The smallest absolute Gasteiger partial charge is 0.146 e. The summed E-state index contributed by atoms with van der Waals surface area (Å²) in [5.74, 6) is 3.33. The minimum atomic E-state index is 0.520. The molecule has 0 radical (unpaired) electrons. The van der Waals surface area contributed by atoms with E-state index in [4.69, 9.17) is 0 Å². The van der Waals surface area contributed by atoms with Crippen molar-refractivity contribution in [2.75, 3.05) is 17.7 Å². The number of hydrogen-bond donors (Lipinski definition) is 2. The fourth-order valence-corrected chi connectivity index (χ4v) is 3.03. The standard InChI is InChI=1S/C13H21BrN4/c1-8-4-5-10(6-9(8)2)18-13-11(14)12(15-3)16-7-17-13/h7-10H,4-6H2,1-3H3,(H2,15,16,17,18). The minimum absolute atomic E-state index is 0.520. The average molecular weight is 313 g/mol. The van der Waals surface area contributed by atoms with Crippen LogP contribution in [0.1, 0.15) is 33.1 Å². The van der Waals surface area contributed by atoms with Crippen LogP contribution >= 0.6 is 15.9 Å². The molecule has 2 N–H and O–H groups in total. The number of rotatable bonds is 3. The van der Waals surface area contributed by atoms with Crippen molar-refractivity contribution in [3.63, 3.8) is 0 Å². The Balaban J connectivity index is 2.06. The Morgan fingerprint density at radius 3 is 2.56 bits per heavy atom. The molecule has 1 heterocycles. The Bertz CT molecular complexity index is 410. The molecule has 2 rings (SSSR count). The molecule has 0 spiro atoms. The Kier molecular flexibility index (Phi) is 4.43. The number of halogens is 1. The van der Waals surface area contributed by atoms with E-state index >= 15 is 0 Å². The maximum Gasteiger partial charge on any atom is 0.146 e. The molecule has 0 aliphatic heterocycles. The first-order valence-corrected chi connectivity index (χ1v) is 7.36. The molecule has 1 saturated carbocycles. The van der Waals surface area contributed by atoms with Gasteiger partial charge in [-0.2, -0.15) is 0 Å². The van der Waals surface area contributed by atoms with Crippen LogP contribution in [0, 0.1) is 11.8 Å². The zero-order chi connectivity index (χ0) is 13.1. The van der Waals surface area contributed by atoms with Crippen LogP contribution in [0.4, 0.5) is 11.6 Å². The monoisotopic (exact) mass is 312 g/mol. The van der Waals surface area contributed by atoms with Gasteiger partial charge >= 0.3 is 0 Å². The van der Waals surface area contributed by atoms with E-state index in [9.17, 15) is 0 Å². The molecule has 0 bridgehead atoms. The normalized spacial score (nSPS) is 27.9. The average Bonchev–Trinajstić information content (AvgIpc) is 2.36. The summed E-state index contributed by atoms with van der Waals surface area (Å²) in [6.45, 7) is 4.69. The molecule has 0 amide bonds. The van der Waals surface area contributed by atoms with Crippen LogP contribution in [0.5, 0.6) is 0 Å². The van der Waals surface area contributed by atoms with E-state index in [-0.39, 0.29) is 0 Å². The molecular weight excluding hydrogens is 292 g/mol. The van der Waals surface area contributed by atoms with Crippen molar-refractivity contribution >= 4 is 27.6 Å². The van der Waals surface area contributed by atoms with E-state index in [1.807, 2.05) is 7.05 Å². The molecule has 3 unspecified atom stereocenters. The zero-order valence-corrected chi connectivity index (χ0v) is 12.8. The summed E-state index contributed by atoms with van der Waals surface area (Å²) < 4.78 is 0.916. The van der Waals surface area contributed by atoms with Gasteiger partial charge in [0.2, 0.25) is 0 Å². The predicted molar refractivity (Wildman–Crippen MR) is 78.9 cm³/mol. The highest BCUT2D eigenvalue weighted by Gasteiger charge is 2.25. The predicted octanol–water partition coefficient (Wildman–Crippen LogP) is 3.52. The third-order valence-corrected chi connectivity index (χ3v) is 4.72. The van der Waals surface area contributed by atoms with Crippen LogP contribution < -0.4 is 10.6 Å². The molecule has 1 aliphatic carbocycles. The van der Waals surface area contributed by atoms with Crippen molar-refractivity contribution in [2.45, 2.75) is 39.2 Å². The number of anilines is 2. The summed E-state index contributed by atoms with van der Waals surface area (Å²) in [5.41, 5.74) is 0. The maximum atomic E-state index is 4.32. The van der Waals surface area contributed by atoms with Gasteiger partial charge in [-0.15, -0.1) is 0 Å². The summed E-state index contributed by atoms with van der Waals surface area (Å²) in [6, 6.07) is 0.520. The fraction of sp³-hybridized carbons (Fsp3) is 0.692. The van der Waals surface area contributed by atoms with Crippen LogP contribution in [0.15, 0.2) is 10.8 Å². The molecule has 0 saturated heterocycles. The van der Waals surface area contributed by atoms with Gasteiger partial charge < -0.3 is 10.6 Å². The van der Waals surface area contributed by atoms with Crippen LogP contribution in [0.3, 0.4) is 0 Å². The van der Waals surface area contributed by atoms with Crippen molar-refractivity contribution in [1.29, 1.82) is 0 Å². The molecule has 1 aromatic rings. The van der Waals surface area contributed by atoms with Crippen LogP contribution in [-0.4, -0.2) is 23.1 Å². The van der Waals surface area contributed by atoms with Gasteiger partial charge in [0.05, 0.1) is 0 Å². The Morgan fingerprint density at radius 2 is 1.89 bits per heavy atom. The van der Waals surface area contributed by atoms with Gasteiger partial charge in [0.25, 0.3) is 0 Å². The van der Waals surface area contributed by atoms with E-state index < -0.39 is 0 Å². The third-order valence-electron chi connectivity index (χ3n) is 3.97. The van der Waals surface area contributed by atoms with Gasteiger partial charge in [-0.1, -0.05) is 13.8 Å². The molecule has 4 nitrogen and oxygen atoms in total. The molecule has 3 atom stereocenters. The summed E-state index contributed by atoms with van der Waals surface area (Å²) in [7, 11) is 1.86. The molecule has 1 aromatic heterocycles. The maximum absolute atomic E-state index is 4.32. The van der Waals surface area contributed by atoms with E-state index in [2.05, 4.69) is 50.4 Å². The fourth-order valence-electron chi connectivity index (χ4n) is 2.52. The molecular formula is C13H21BrN4. The summed E-state index contributed by atoms with van der Waals surface area (Å²) in [4.78, 5) is 8.48. The lowest BCUT2D eigenvalue weighted by molar-refractivity contribution is 0.260. The SMILES string of the molecule is CNc1ncnc(NC2CCC(C)C(C)C2)c1Br. The van der Waals surface area contributed by atoms with E-state index in [0.29, 0.717) is 6.04 Å². The summed E-state index contributed by atoms with van der Waals surface area (Å²) in [5, 5.41) is 6.59. The lowest BCUT2D eigenvalue weighted by Gasteiger charge is -2.33. The van der Waals surface area contributed by atoms with E-state index in [0.717, 1.165) is 27.9 Å². The highest BCUT2D eigenvalue weighted by Crippen LogP contribution is 2.33. The second kappa shape index (κ2) is 5.87. The lowest BCUT2D eigenvalue weighted by Crippen LogP contribution is -2.30. The number of nitrogens with zero attached hydrogens (tertiary/aromatic N) is 2. The van der Waals surface area contributed by atoms with Crippen molar-refractivity contribution in [3.05, 3.63) is 10.8 Å².